The van der Waals surface area contributed by atoms with Crippen molar-refractivity contribution in [3.63, 3.8) is 0 Å². The molecule has 5 heteroatoms. The summed E-state index contributed by atoms with van der Waals surface area (Å²) in [6.07, 6.45) is 0.0538. The number of methoxy groups -OCH3 is 1. The summed E-state index contributed by atoms with van der Waals surface area (Å²) in [6.45, 7) is -0.144. The topological polar surface area (TPSA) is 61.5 Å². The van der Waals surface area contributed by atoms with Crippen LogP contribution in [0.3, 0.4) is 0 Å². The van der Waals surface area contributed by atoms with Gasteiger partial charge in [0, 0.05) is 11.3 Å². The highest BCUT2D eigenvalue weighted by atomic mass is 19.1. The molecule has 0 aliphatic rings. The molecule has 0 bridgehead atoms. The summed E-state index contributed by atoms with van der Waals surface area (Å²) in [5.41, 5.74) is 7.24. The Bertz CT molecular complexity index is 643. The zero-order valence-corrected chi connectivity index (χ0v) is 11.6. The minimum atomic E-state index is -0.521. The standard InChI is InChI=1S/C16H16FNO3/c1-20-14-8-4-6-12(16(14)17)10-21-15(19)9-11-5-2-3-7-13(11)18/h2-8H,9-10,18H2,1H3. The molecule has 0 heterocycles. The van der Waals surface area contributed by atoms with E-state index in [1.165, 1.54) is 13.2 Å². The summed E-state index contributed by atoms with van der Waals surface area (Å²) in [5, 5.41) is 0. The largest absolute Gasteiger partial charge is 0.494 e. The van der Waals surface area contributed by atoms with E-state index in [1.54, 1.807) is 36.4 Å². The first-order valence-corrected chi connectivity index (χ1v) is 6.42. The quantitative estimate of drug-likeness (QED) is 0.679. The highest BCUT2D eigenvalue weighted by molar-refractivity contribution is 5.74. The average Bonchev–Trinajstić information content (AvgIpc) is 2.48. The first kappa shape index (κ1) is 14.8. The number of halogens is 1. The molecular weight excluding hydrogens is 273 g/mol. The van der Waals surface area contributed by atoms with E-state index < -0.39 is 11.8 Å². The molecule has 0 aliphatic carbocycles. The summed E-state index contributed by atoms with van der Waals surface area (Å²) in [5.74, 6) is -0.863. The van der Waals surface area contributed by atoms with Crippen LogP contribution in [0.1, 0.15) is 11.1 Å². The van der Waals surface area contributed by atoms with Gasteiger partial charge in [-0.25, -0.2) is 4.39 Å². The molecule has 0 aromatic heterocycles. The number of nitrogens with two attached hydrogens (primary N) is 1. The molecule has 0 radical (unpaired) electrons. The maximum atomic E-state index is 13.9. The molecule has 0 aliphatic heterocycles. The van der Waals surface area contributed by atoms with E-state index in [2.05, 4.69) is 0 Å². The monoisotopic (exact) mass is 289 g/mol. The zero-order chi connectivity index (χ0) is 15.2. The van der Waals surface area contributed by atoms with Crippen molar-refractivity contribution in [2.24, 2.45) is 0 Å². The number of nitrogen functional groups attached to an aromatic ring is 1. The average molecular weight is 289 g/mol. The first-order valence-electron chi connectivity index (χ1n) is 6.42. The number of hydrogen-bond donors (Lipinski definition) is 1. The summed E-state index contributed by atoms with van der Waals surface area (Å²) in [4.78, 5) is 11.8. The molecule has 0 fully saturated rings. The van der Waals surface area contributed by atoms with Crippen LogP contribution in [0.5, 0.6) is 5.75 Å². The summed E-state index contributed by atoms with van der Waals surface area (Å²) < 4.78 is 23.8. The fraction of sp³-hybridized carbons (Fsp3) is 0.188. The number of para-hydroxylation sites is 1. The highest BCUT2D eigenvalue weighted by Crippen LogP contribution is 2.20. The van der Waals surface area contributed by atoms with Crippen LogP contribution in [-0.4, -0.2) is 13.1 Å². The van der Waals surface area contributed by atoms with E-state index in [-0.39, 0.29) is 24.3 Å². The number of ether oxygens (including phenoxy) is 2. The minimum Gasteiger partial charge on any atom is -0.494 e. The SMILES string of the molecule is COc1cccc(COC(=O)Cc2ccccc2N)c1F. The van der Waals surface area contributed by atoms with Crippen molar-refractivity contribution in [1.29, 1.82) is 0 Å². The summed E-state index contributed by atoms with van der Waals surface area (Å²) >= 11 is 0. The van der Waals surface area contributed by atoms with Crippen LogP contribution in [0, 0.1) is 5.82 Å². The van der Waals surface area contributed by atoms with Crippen LogP contribution in [0.15, 0.2) is 42.5 Å². The van der Waals surface area contributed by atoms with Crippen molar-refractivity contribution >= 4 is 11.7 Å². The third-order valence-corrected chi connectivity index (χ3v) is 3.04. The van der Waals surface area contributed by atoms with E-state index in [4.69, 9.17) is 15.2 Å². The Kier molecular flexibility index (Phi) is 4.77. The van der Waals surface area contributed by atoms with Crippen molar-refractivity contribution in [2.75, 3.05) is 12.8 Å². The second-order valence-corrected chi connectivity index (χ2v) is 4.47. The van der Waals surface area contributed by atoms with Crippen LogP contribution in [0.4, 0.5) is 10.1 Å². The molecule has 21 heavy (non-hydrogen) atoms. The first-order chi connectivity index (χ1) is 10.1. The van der Waals surface area contributed by atoms with Crippen LogP contribution >= 0.6 is 0 Å². The van der Waals surface area contributed by atoms with Crippen LogP contribution in [0.25, 0.3) is 0 Å². The van der Waals surface area contributed by atoms with Gasteiger partial charge in [-0.1, -0.05) is 30.3 Å². The lowest BCUT2D eigenvalue weighted by Gasteiger charge is -2.09. The van der Waals surface area contributed by atoms with Gasteiger partial charge < -0.3 is 15.2 Å². The summed E-state index contributed by atoms with van der Waals surface area (Å²) in [7, 11) is 1.38. The number of carbonyl (C=O) groups is 1. The van der Waals surface area contributed by atoms with E-state index in [9.17, 15) is 9.18 Å². The summed E-state index contributed by atoms with van der Waals surface area (Å²) in [6, 6.07) is 11.7. The number of rotatable bonds is 5. The van der Waals surface area contributed by atoms with Gasteiger partial charge in [-0.05, 0) is 17.7 Å². The van der Waals surface area contributed by atoms with Crippen molar-refractivity contribution in [1.82, 2.24) is 0 Å². The lowest BCUT2D eigenvalue weighted by molar-refractivity contribution is -0.144. The lowest BCUT2D eigenvalue weighted by atomic mass is 10.1. The highest BCUT2D eigenvalue weighted by Gasteiger charge is 2.12. The van der Waals surface area contributed by atoms with Gasteiger partial charge in [0.05, 0.1) is 13.5 Å². The van der Waals surface area contributed by atoms with Gasteiger partial charge in [0.25, 0.3) is 0 Å². The number of anilines is 1. The van der Waals surface area contributed by atoms with Crippen molar-refractivity contribution in [2.45, 2.75) is 13.0 Å². The molecule has 2 aromatic carbocycles. The molecule has 2 N–H and O–H groups in total. The van der Waals surface area contributed by atoms with Crippen LogP contribution in [0.2, 0.25) is 0 Å². The van der Waals surface area contributed by atoms with Crippen molar-refractivity contribution in [3.05, 3.63) is 59.4 Å². The minimum absolute atomic E-state index is 0.0538. The normalized spacial score (nSPS) is 10.2. The number of carbonyl (C=O) groups excluding carboxylic acids is 1. The second kappa shape index (κ2) is 6.74. The van der Waals surface area contributed by atoms with E-state index in [0.717, 1.165) is 0 Å². The maximum absolute atomic E-state index is 13.9. The third kappa shape index (κ3) is 3.72. The van der Waals surface area contributed by atoms with Gasteiger partial charge in [0.15, 0.2) is 11.6 Å². The van der Waals surface area contributed by atoms with E-state index in [0.29, 0.717) is 11.3 Å². The molecule has 0 unspecified atom stereocenters. The van der Waals surface area contributed by atoms with Gasteiger partial charge in [0.2, 0.25) is 0 Å². The predicted molar refractivity (Wildman–Crippen MR) is 77.3 cm³/mol. The van der Waals surface area contributed by atoms with Gasteiger partial charge >= 0.3 is 5.97 Å². The fourth-order valence-corrected chi connectivity index (χ4v) is 1.89. The molecule has 0 saturated heterocycles. The molecule has 0 amide bonds. The Labute approximate surface area is 122 Å². The molecule has 0 spiro atoms. The second-order valence-electron chi connectivity index (χ2n) is 4.47. The molecule has 4 nitrogen and oxygen atoms in total. The zero-order valence-electron chi connectivity index (χ0n) is 11.6. The molecule has 0 atom stereocenters. The van der Waals surface area contributed by atoms with Gasteiger partial charge in [-0.15, -0.1) is 0 Å². The van der Waals surface area contributed by atoms with Crippen molar-refractivity contribution < 1.29 is 18.7 Å². The molecule has 0 saturated carbocycles. The van der Waals surface area contributed by atoms with E-state index in [1.807, 2.05) is 0 Å². The predicted octanol–water partition coefficient (Wildman–Crippen LogP) is 2.70. The van der Waals surface area contributed by atoms with Gasteiger partial charge in [-0.2, -0.15) is 0 Å². The number of benzene rings is 2. The smallest absolute Gasteiger partial charge is 0.310 e. The Morgan fingerprint density at radius 1 is 1.14 bits per heavy atom. The van der Waals surface area contributed by atoms with E-state index >= 15 is 0 Å². The number of hydrogen-bond acceptors (Lipinski definition) is 4. The molecular formula is C16H16FNO3. The van der Waals surface area contributed by atoms with Crippen molar-refractivity contribution in [3.8, 4) is 5.75 Å². The van der Waals surface area contributed by atoms with Crippen LogP contribution in [-0.2, 0) is 22.6 Å². The maximum Gasteiger partial charge on any atom is 0.310 e. The fourth-order valence-electron chi connectivity index (χ4n) is 1.89. The Balaban J connectivity index is 1.97. The van der Waals surface area contributed by atoms with Crippen LogP contribution < -0.4 is 10.5 Å². The molecule has 2 rings (SSSR count). The Hall–Kier alpha value is -2.56. The number of esters is 1. The Morgan fingerprint density at radius 2 is 1.86 bits per heavy atom. The van der Waals surface area contributed by atoms with Gasteiger partial charge in [0.1, 0.15) is 6.61 Å². The Morgan fingerprint density at radius 3 is 2.57 bits per heavy atom. The van der Waals surface area contributed by atoms with Gasteiger partial charge in [-0.3, -0.25) is 4.79 Å². The molecule has 110 valence electrons. The molecule has 2 aromatic rings. The third-order valence-electron chi connectivity index (χ3n) is 3.04. The lowest BCUT2D eigenvalue weighted by Crippen LogP contribution is -2.10.